The average molecular weight is 269 g/mol. The summed E-state index contributed by atoms with van der Waals surface area (Å²) in [5.41, 5.74) is 2.32. The first kappa shape index (κ1) is 12.4. The van der Waals surface area contributed by atoms with Gasteiger partial charge in [0.25, 0.3) is 5.91 Å². The minimum atomic E-state index is -0.235. The van der Waals surface area contributed by atoms with Crippen LogP contribution in [-0.2, 0) is 13.5 Å². The number of carbonyl (C=O) groups is 1. The second-order valence-electron chi connectivity index (χ2n) is 4.57. The van der Waals surface area contributed by atoms with Gasteiger partial charge in [-0.15, -0.1) is 0 Å². The lowest BCUT2D eigenvalue weighted by Gasteiger charge is -2.02. The van der Waals surface area contributed by atoms with Crippen LogP contribution in [-0.4, -0.2) is 25.9 Å². The van der Waals surface area contributed by atoms with Gasteiger partial charge in [0.15, 0.2) is 5.69 Å². The zero-order valence-electron chi connectivity index (χ0n) is 11.3. The van der Waals surface area contributed by atoms with Gasteiger partial charge in [-0.25, -0.2) is 0 Å². The van der Waals surface area contributed by atoms with Crippen LogP contribution < -0.4 is 5.32 Å². The molecule has 0 bridgehead atoms. The maximum atomic E-state index is 12.4. The largest absolute Gasteiger partial charge is 0.305 e. The molecule has 6 nitrogen and oxygen atoms in total. The Hall–Kier alpha value is -2.63. The summed E-state index contributed by atoms with van der Waals surface area (Å²) < 4.78 is 1.71. The molecule has 0 aliphatic rings. The lowest BCUT2D eigenvalue weighted by molar-refractivity contribution is 0.102. The van der Waals surface area contributed by atoms with Crippen LogP contribution in [0.2, 0.25) is 0 Å². The van der Waals surface area contributed by atoms with E-state index < -0.39 is 0 Å². The van der Waals surface area contributed by atoms with Crippen LogP contribution in [0.25, 0.3) is 10.9 Å². The van der Waals surface area contributed by atoms with E-state index in [-0.39, 0.29) is 5.91 Å². The Morgan fingerprint density at radius 2 is 2.20 bits per heavy atom. The fraction of sp³-hybridized carbons (Fsp3) is 0.214. The second kappa shape index (κ2) is 4.80. The highest BCUT2D eigenvalue weighted by Gasteiger charge is 2.17. The molecule has 0 aliphatic heterocycles. The number of benzene rings is 1. The number of H-pyrrole nitrogens is 1. The molecule has 0 fully saturated rings. The Morgan fingerprint density at radius 3 is 3.00 bits per heavy atom. The first-order valence-electron chi connectivity index (χ1n) is 6.46. The van der Waals surface area contributed by atoms with E-state index in [4.69, 9.17) is 0 Å². The molecule has 0 saturated carbocycles. The monoisotopic (exact) mass is 269 g/mol. The Kier molecular flexibility index (Phi) is 2.98. The Morgan fingerprint density at radius 1 is 1.40 bits per heavy atom. The van der Waals surface area contributed by atoms with Crippen LogP contribution in [0.1, 0.15) is 23.0 Å². The van der Waals surface area contributed by atoms with E-state index in [9.17, 15) is 4.79 Å². The number of para-hydroxylation sites is 1. The number of hydrogen-bond donors (Lipinski definition) is 2. The molecule has 0 spiro atoms. The fourth-order valence-corrected chi connectivity index (χ4v) is 2.24. The number of anilines is 1. The third-order valence-electron chi connectivity index (χ3n) is 3.31. The van der Waals surface area contributed by atoms with Crippen LogP contribution in [0, 0.1) is 0 Å². The minimum absolute atomic E-state index is 0.235. The Balaban J connectivity index is 1.97. The summed E-state index contributed by atoms with van der Waals surface area (Å²) in [5, 5.41) is 14.7. The normalized spacial score (nSPS) is 10.9. The molecule has 2 heterocycles. The summed E-state index contributed by atoms with van der Waals surface area (Å²) in [6, 6.07) is 7.65. The number of rotatable bonds is 3. The highest BCUT2D eigenvalue weighted by Crippen LogP contribution is 2.19. The summed E-state index contributed by atoms with van der Waals surface area (Å²) in [6.07, 6.45) is 2.52. The highest BCUT2D eigenvalue weighted by atomic mass is 16.2. The first-order chi connectivity index (χ1) is 9.70. The zero-order valence-corrected chi connectivity index (χ0v) is 11.3. The molecular weight excluding hydrogens is 254 g/mol. The fourth-order valence-electron chi connectivity index (χ4n) is 2.24. The third kappa shape index (κ3) is 1.95. The zero-order chi connectivity index (χ0) is 14.1. The van der Waals surface area contributed by atoms with Crippen molar-refractivity contribution in [3.8, 4) is 0 Å². The minimum Gasteiger partial charge on any atom is -0.305 e. The molecule has 3 aromatic rings. The molecule has 102 valence electrons. The van der Waals surface area contributed by atoms with E-state index in [1.165, 1.54) is 0 Å². The van der Waals surface area contributed by atoms with E-state index >= 15 is 0 Å². The number of nitrogens with one attached hydrogen (secondary N) is 2. The molecule has 0 saturated heterocycles. The van der Waals surface area contributed by atoms with Gasteiger partial charge in [0.05, 0.1) is 11.7 Å². The first-order valence-corrected chi connectivity index (χ1v) is 6.46. The summed E-state index contributed by atoms with van der Waals surface area (Å²) in [4.78, 5) is 12.4. The standard InChI is InChI=1S/C14H15N5O/c1-3-9-8-15-17-13(9)16-14(20)12-10-6-4-5-7-11(10)19(2)18-12/h4-8H,3H2,1-2H3,(H2,15,16,17,20). The number of hydrogen-bond acceptors (Lipinski definition) is 3. The number of aromatic nitrogens is 4. The summed E-state index contributed by atoms with van der Waals surface area (Å²) in [5.74, 6) is 0.396. The van der Waals surface area contributed by atoms with Crippen molar-refractivity contribution < 1.29 is 4.79 Å². The maximum absolute atomic E-state index is 12.4. The molecule has 0 radical (unpaired) electrons. The number of aryl methyl sites for hydroxylation is 2. The molecule has 20 heavy (non-hydrogen) atoms. The highest BCUT2D eigenvalue weighted by molar-refractivity contribution is 6.11. The summed E-state index contributed by atoms with van der Waals surface area (Å²) in [6.45, 7) is 2.01. The molecular formula is C14H15N5O. The van der Waals surface area contributed by atoms with Crippen molar-refractivity contribution in [3.05, 3.63) is 41.7 Å². The average Bonchev–Trinajstić information content (AvgIpc) is 3.04. The molecule has 2 aromatic heterocycles. The van der Waals surface area contributed by atoms with Gasteiger partial charge < -0.3 is 5.32 Å². The van der Waals surface area contributed by atoms with E-state index in [1.54, 1.807) is 10.9 Å². The van der Waals surface area contributed by atoms with E-state index in [1.807, 2.05) is 38.2 Å². The Bertz CT molecular complexity index is 771. The van der Waals surface area contributed by atoms with E-state index in [0.29, 0.717) is 11.5 Å². The lowest BCUT2D eigenvalue weighted by atomic mass is 10.2. The predicted octanol–water partition coefficient (Wildman–Crippen LogP) is 2.11. The van der Waals surface area contributed by atoms with Crippen LogP contribution in [0.5, 0.6) is 0 Å². The molecule has 0 atom stereocenters. The van der Waals surface area contributed by atoms with Crippen LogP contribution >= 0.6 is 0 Å². The molecule has 1 aromatic carbocycles. The predicted molar refractivity (Wildman–Crippen MR) is 76.6 cm³/mol. The van der Waals surface area contributed by atoms with Crippen molar-refractivity contribution in [1.82, 2.24) is 20.0 Å². The van der Waals surface area contributed by atoms with Gasteiger partial charge >= 0.3 is 0 Å². The van der Waals surface area contributed by atoms with Gasteiger partial charge in [-0.2, -0.15) is 10.2 Å². The number of carbonyl (C=O) groups excluding carboxylic acids is 1. The number of amides is 1. The van der Waals surface area contributed by atoms with Crippen molar-refractivity contribution >= 4 is 22.6 Å². The number of fused-ring (bicyclic) bond motifs is 1. The molecule has 0 aliphatic carbocycles. The van der Waals surface area contributed by atoms with Crippen molar-refractivity contribution in [2.45, 2.75) is 13.3 Å². The number of nitrogens with zero attached hydrogens (tertiary/aromatic N) is 3. The topological polar surface area (TPSA) is 75.6 Å². The molecule has 6 heteroatoms. The number of aromatic amines is 1. The molecule has 1 amide bonds. The third-order valence-corrected chi connectivity index (χ3v) is 3.31. The van der Waals surface area contributed by atoms with Gasteiger partial charge in [-0.1, -0.05) is 25.1 Å². The van der Waals surface area contributed by atoms with Crippen LogP contribution in [0.15, 0.2) is 30.5 Å². The van der Waals surface area contributed by atoms with Crippen molar-refractivity contribution in [1.29, 1.82) is 0 Å². The molecule has 0 unspecified atom stereocenters. The van der Waals surface area contributed by atoms with Crippen LogP contribution in [0.4, 0.5) is 5.82 Å². The molecule has 3 rings (SSSR count). The quantitative estimate of drug-likeness (QED) is 0.764. The van der Waals surface area contributed by atoms with E-state index in [0.717, 1.165) is 22.9 Å². The molecule has 2 N–H and O–H groups in total. The smallest absolute Gasteiger partial charge is 0.277 e. The van der Waals surface area contributed by atoms with Gasteiger partial charge in [0, 0.05) is 18.0 Å². The maximum Gasteiger partial charge on any atom is 0.277 e. The van der Waals surface area contributed by atoms with Gasteiger partial charge in [-0.05, 0) is 12.5 Å². The summed E-state index contributed by atoms with van der Waals surface area (Å²) >= 11 is 0. The van der Waals surface area contributed by atoms with Gasteiger partial charge in [-0.3, -0.25) is 14.6 Å². The second-order valence-corrected chi connectivity index (χ2v) is 4.57. The SMILES string of the molecule is CCc1cn[nH]c1NC(=O)c1nn(C)c2ccccc12. The van der Waals surface area contributed by atoms with Gasteiger partial charge in [0.1, 0.15) is 5.82 Å². The lowest BCUT2D eigenvalue weighted by Crippen LogP contribution is -2.14. The Labute approximate surface area is 115 Å². The van der Waals surface area contributed by atoms with Crippen molar-refractivity contribution in [2.24, 2.45) is 7.05 Å². The van der Waals surface area contributed by atoms with Crippen LogP contribution in [0.3, 0.4) is 0 Å². The van der Waals surface area contributed by atoms with Gasteiger partial charge in [0.2, 0.25) is 0 Å². The van der Waals surface area contributed by atoms with Crippen molar-refractivity contribution in [2.75, 3.05) is 5.32 Å². The van der Waals surface area contributed by atoms with Crippen molar-refractivity contribution in [3.63, 3.8) is 0 Å². The summed E-state index contributed by atoms with van der Waals surface area (Å²) in [7, 11) is 1.83. The van der Waals surface area contributed by atoms with E-state index in [2.05, 4.69) is 20.6 Å².